The van der Waals surface area contributed by atoms with E-state index in [2.05, 4.69) is 18.7 Å². The van der Waals surface area contributed by atoms with E-state index in [1.807, 2.05) is 12.1 Å². The Morgan fingerprint density at radius 3 is 2.33 bits per heavy atom. The highest BCUT2D eigenvalue weighted by atomic mass is 16.3. The van der Waals surface area contributed by atoms with Crippen LogP contribution in [0, 0.1) is 0 Å². The standard InChI is InChI=1S/C17H26N2O2/c1-3-5-11-19(12-6-4-2)15-9-7-14(16(20)13-15)8-10-17(18)21/h7-10,13,20H,3-6,11-12H2,1-2H3,(H2,18,21)/b10-8+. The van der Waals surface area contributed by atoms with Crippen LogP contribution < -0.4 is 10.6 Å². The van der Waals surface area contributed by atoms with Crippen LogP contribution in [0.1, 0.15) is 45.1 Å². The number of unbranched alkanes of at least 4 members (excludes halogenated alkanes) is 2. The van der Waals surface area contributed by atoms with E-state index in [-0.39, 0.29) is 5.75 Å². The maximum absolute atomic E-state index is 10.7. The molecule has 0 saturated heterocycles. The number of carbonyl (C=O) groups excluding carboxylic acids is 1. The molecule has 0 atom stereocenters. The van der Waals surface area contributed by atoms with Crippen molar-refractivity contribution >= 4 is 17.7 Å². The molecule has 0 heterocycles. The van der Waals surface area contributed by atoms with Crippen LogP contribution in [0.3, 0.4) is 0 Å². The second kappa shape index (κ2) is 9.06. The van der Waals surface area contributed by atoms with E-state index >= 15 is 0 Å². The number of aromatic hydroxyl groups is 1. The number of anilines is 1. The maximum atomic E-state index is 10.7. The fourth-order valence-electron chi connectivity index (χ4n) is 2.11. The number of nitrogens with zero attached hydrogens (tertiary/aromatic N) is 1. The van der Waals surface area contributed by atoms with Crippen LogP contribution in [0.4, 0.5) is 5.69 Å². The van der Waals surface area contributed by atoms with Gasteiger partial charge in [-0.25, -0.2) is 0 Å². The number of primary amides is 1. The van der Waals surface area contributed by atoms with Crippen LogP contribution in [0.25, 0.3) is 6.08 Å². The zero-order valence-electron chi connectivity index (χ0n) is 13.0. The summed E-state index contributed by atoms with van der Waals surface area (Å²) in [6, 6.07) is 5.55. The predicted molar refractivity (Wildman–Crippen MR) is 88.4 cm³/mol. The highest BCUT2D eigenvalue weighted by Crippen LogP contribution is 2.26. The number of amides is 1. The molecule has 0 aromatic heterocycles. The van der Waals surface area contributed by atoms with Crippen LogP contribution >= 0.6 is 0 Å². The number of phenols is 1. The minimum absolute atomic E-state index is 0.169. The molecule has 1 aromatic carbocycles. The Hall–Kier alpha value is -1.97. The fraction of sp³-hybridized carbons (Fsp3) is 0.471. The predicted octanol–water partition coefficient (Wildman–Crippen LogP) is 3.30. The molecule has 4 nitrogen and oxygen atoms in total. The maximum Gasteiger partial charge on any atom is 0.241 e. The fourth-order valence-corrected chi connectivity index (χ4v) is 2.11. The lowest BCUT2D eigenvalue weighted by atomic mass is 10.1. The van der Waals surface area contributed by atoms with Gasteiger partial charge in [-0.2, -0.15) is 0 Å². The van der Waals surface area contributed by atoms with E-state index in [4.69, 9.17) is 5.73 Å². The van der Waals surface area contributed by atoms with Crippen LogP contribution in [0.15, 0.2) is 24.3 Å². The van der Waals surface area contributed by atoms with Crippen molar-refractivity contribution in [1.29, 1.82) is 0 Å². The smallest absolute Gasteiger partial charge is 0.241 e. The van der Waals surface area contributed by atoms with E-state index in [9.17, 15) is 9.90 Å². The number of nitrogens with two attached hydrogens (primary N) is 1. The summed E-state index contributed by atoms with van der Waals surface area (Å²) in [6.07, 6.45) is 7.34. The van der Waals surface area contributed by atoms with Gasteiger partial charge in [0.2, 0.25) is 5.91 Å². The molecule has 3 N–H and O–H groups in total. The second-order valence-corrected chi connectivity index (χ2v) is 5.17. The van der Waals surface area contributed by atoms with Gasteiger partial charge in [0.25, 0.3) is 0 Å². The Labute approximate surface area is 127 Å². The monoisotopic (exact) mass is 290 g/mol. The Bertz CT molecular complexity index is 476. The lowest BCUT2D eigenvalue weighted by molar-refractivity contribution is -0.113. The van der Waals surface area contributed by atoms with Gasteiger partial charge in [-0.05, 0) is 31.1 Å². The molecule has 0 bridgehead atoms. The van der Waals surface area contributed by atoms with E-state index in [0.29, 0.717) is 5.56 Å². The molecule has 0 aliphatic rings. The molecule has 0 aliphatic carbocycles. The molecule has 0 unspecified atom stereocenters. The van der Waals surface area contributed by atoms with Gasteiger partial charge in [0.1, 0.15) is 5.75 Å². The molecular weight excluding hydrogens is 264 g/mol. The number of hydrogen-bond donors (Lipinski definition) is 2. The van der Waals surface area contributed by atoms with Gasteiger partial charge in [0, 0.05) is 36.5 Å². The summed E-state index contributed by atoms with van der Waals surface area (Å²) in [6.45, 7) is 6.33. The molecule has 116 valence electrons. The summed E-state index contributed by atoms with van der Waals surface area (Å²) in [5, 5.41) is 10.1. The zero-order valence-corrected chi connectivity index (χ0v) is 13.0. The first kappa shape index (κ1) is 17.1. The first-order valence-corrected chi connectivity index (χ1v) is 7.64. The van der Waals surface area contributed by atoms with Crippen LogP contribution in [-0.4, -0.2) is 24.1 Å². The van der Waals surface area contributed by atoms with Crippen molar-refractivity contribution in [2.75, 3.05) is 18.0 Å². The molecule has 1 rings (SSSR count). The first-order valence-electron chi connectivity index (χ1n) is 7.64. The van der Waals surface area contributed by atoms with Crippen molar-refractivity contribution in [3.63, 3.8) is 0 Å². The van der Waals surface area contributed by atoms with E-state index in [1.54, 1.807) is 6.07 Å². The van der Waals surface area contributed by atoms with Gasteiger partial charge in [0.05, 0.1) is 0 Å². The summed E-state index contributed by atoms with van der Waals surface area (Å²) in [5.41, 5.74) is 6.68. The summed E-state index contributed by atoms with van der Waals surface area (Å²) >= 11 is 0. The van der Waals surface area contributed by atoms with Crippen molar-refractivity contribution in [2.24, 2.45) is 5.73 Å². The number of carbonyl (C=O) groups is 1. The second-order valence-electron chi connectivity index (χ2n) is 5.17. The number of phenolic OH excluding ortho intramolecular Hbond substituents is 1. The summed E-state index contributed by atoms with van der Waals surface area (Å²) in [4.78, 5) is 13.0. The molecule has 21 heavy (non-hydrogen) atoms. The highest BCUT2D eigenvalue weighted by molar-refractivity contribution is 5.90. The van der Waals surface area contributed by atoms with E-state index in [1.165, 1.54) is 12.2 Å². The number of rotatable bonds is 9. The quantitative estimate of drug-likeness (QED) is 0.686. The van der Waals surface area contributed by atoms with Crippen molar-refractivity contribution in [1.82, 2.24) is 0 Å². The minimum atomic E-state index is -0.522. The number of hydrogen-bond acceptors (Lipinski definition) is 3. The molecule has 1 aromatic rings. The van der Waals surface area contributed by atoms with Crippen molar-refractivity contribution in [2.45, 2.75) is 39.5 Å². The van der Waals surface area contributed by atoms with Crippen molar-refractivity contribution in [3.8, 4) is 5.75 Å². The summed E-state index contributed by atoms with van der Waals surface area (Å²) in [5.74, 6) is -0.353. The molecule has 0 radical (unpaired) electrons. The molecule has 0 spiro atoms. The van der Waals surface area contributed by atoms with Crippen molar-refractivity contribution in [3.05, 3.63) is 29.8 Å². The average molecular weight is 290 g/mol. The summed E-state index contributed by atoms with van der Waals surface area (Å²) < 4.78 is 0. The van der Waals surface area contributed by atoms with Crippen molar-refractivity contribution < 1.29 is 9.90 Å². The third-order valence-electron chi connectivity index (χ3n) is 3.37. The topological polar surface area (TPSA) is 66.6 Å². The van der Waals surface area contributed by atoms with Crippen LogP contribution in [0.2, 0.25) is 0 Å². The van der Waals surface area contributed by atoms with Gasteiger partial charge >= 0.3 is 0 Å². The van der Waals surface area contributed by atoms with Gasteiger partial charge in [0.15, 0.2) is 0 Å². The molecule has 0 saturated carbocycles. The molecular formula is C17H26N2O2. The third kappa shape index (κ3) is 5.90. The molecule has 0 fully saturated rings. The molecule has 4 heteroatoms. The average Bonchev–Trinajstić information content (AvgIpc) is 2.46. The lowest BCUT2D eigenvalue weighted by Gasteiger charge is -2.25. The Morgan fingerprint density at radius 1 is 1.24 bits per heavy atom. The van der Waals surface area contributed by atoms with Gasteiger partial charge in [-0.3, -0.25) is 4.79 Å². The van der Waals surface area contributed by atoms with Gasteiger partial charge in [-0.15, -0.1) is 0 Å². The van der Waals surface area contributed by atoms with Crippen LogP contribution in [-0.2, 0) is 4.79 Å². The minimum Gasteiger partial charge on any atom is -0.507 e. The summed E-state index contributed by atoms with van der Waals surface area (Å²) in [7, 11) is 0. The van der Waals surface area contributed by atoms with E-state index < -0.39 is 5.91 Å². The zero-order chi connectivity index (χ0) is 15.7. The van der Waals surface area contributed by atoms with E-state index in [0.717, 1.165) is 44.5 Å². The van der Waals surface area contributed by atoms with Crippen LogP contribution in [0.5, 0.6) is 5.75 Å². The number of benzene rings is 1. The normalized spacial score (nSPS) is 11.0. The van der Waals surface area contributed by atoms with Gasteiger partial charge < -0.3 is 15.7 Å². The largest absolute Gasteiger partial charge is 0.507 e. The molecule has 1 amide bonds. The Morgan fingerprint density at radius 2 is 1.86 bits per heavy atom. The third-order valence-corrected chi connectivity index (χ3v) is 3.37. The first-order chi connectivity index (χ1) is 10.1. The lowest BCUT2D eigenvalue weighted by Crippen LogP contribution is -2.25. The Balaban J connectivity index is 2.88. The van der Waals surface area contributed by atoms with Gasteiger partial charge in [-0.1, -0.05) is 26.7 Å². The Kier molecular flexibility index (Phi) is 7.37. The molecule has 0 aliphatic heterocycles. The highest BCUT2D eigenvalue weighted by Gasteiger charge is 2.08. The SMILES string of the molecule is CCCCN(CCCC)c1ccc(/C=C/C(N)=O)c(O)c1.